The standard InChI is InChI=1S/C22H28Cl3N7O/c1-14(17-4-3-15(23)11-18(17)24)28-20-19(25)13-27-21(29-20)31-7-9-32(10-8-31)22(33)30(2)16-5-6-26-12-16/h3-4,11,13-14,16,26H,5-10,12H2,1-2H3,(H,27,28,29)/t14-,16?/m1/s1. The molecule has 1 unspecified atom stereocenters. The molecule has 2 amide bonds. The van der Waals surface area contributed by atoms with Crippen molar-refractivity contribution < 1.29 is 4.79 Å². The van der Waals surface area contributed by atoms with Crippen molar-refractivity contribution in [1.29, 1.82) is 0 Å². The van der Waals surface area contributed by atoms with Crippen LogP contribution in [0, 0.1) is 0 Å². The van der Waals surface area contributed by atoms with E-state index < -0.39 is 0 Å². The normalized spacial score (nSPS) is 19.5. The molecule has 1 aromatic carbocycles. The van der Waals surface area contributed by atoms with Crippen LogP contribution in [0.15, 0.2) is 24.4 Å². The minimum Gasteiger partial charge on any atom is -0.362 e. The average molecular weight is 513 g/mol. The lowest BCUT2D eigenvalue weighted by Gasteiger charge is -2.38. The maximum Gasteiger partial charge on any atom is 0.320 e. The van der Waals surface area contributed by atoms with Gasteiger partial charge in [0.15, 0.2) is 5.82 Å². The summed E-state index contributed by atoms with van der Waals surface area (Å²) >= 11 is 18.7. The van der Waals surface area contributed by atoms with Gasteiger partial charge >= 0.3 is 6.03 Å². The van der Waals surface area contributed by atoms with Gasteiger partial charge in [0, 0.05) is 55.9 Å². The van der Waals surface area contributed by atoms with Crippen LogP contribution in [-0.4, -0.2) is 78.2 Å². The molecule has 2 aliphatic heterocycles. The van der Waals surface area contributed by atoms with Gasteiger partial charge < -0.3 is 25.3 Å². The summed E-state index contributed by atoms with van der Waals surface area (Å²) in [5.41, 5.74) is 0.894. The Kier molecular flexibility index (Phi) is 7.69. The highest BCUT2D eigenvalue weighted by Gasteiger charge is 2.29. The van der Waals surface area contributed by atoms with E-state index in [-0.39, 0.29) is 18.1 Å². The number of urea groups is 1. The van der Waals surface area contributed by atoms with E-state index in [4.69, 9.17) is 34.8 Å². The summed E-state index contributed by atoms with van der Waals surface area (Å²) in [5.74, 6) is 1.11. The van der Waals surface area contributed by atoms with Crippen molar-refractivity contribution in [1.82, 2.24) is 25.1 Å². The number of likely N-dealkylation sites (N-methyl/N-ethyl adjacent to an activating group) is 1. The van der Waals surface area contributed by atoms with Crippen LogP contribution < -0.4 is 15.5 Å². The van der Waals surface area contributed by atoms with Crippen molar-refractivity contribution in [2.24, 2.45) is 0 Å². The first-order valence-corrected chi connectivity index (χ1v) is 12.2. The van der Waals surface area contributed by atoms with Gasteiger partial charge in [0.05, 0.1) is 12.2 Å². The largest absolute Gasteiger partial charge is 0.362 e. The van der Waals surface area contributed by atoms with E-state index >= 15 is 0 Å². The molecule has 2 N–H and O–H groups in total. The molecular formula is C22H28Cl3N7O. The summed E-state index contributed by atoms with van der Waals surface area (Å²) in [6.45, 7) is 6.35. The second-order valence-electron chi connectivity index (χ2n) is 8.41. The molecule has 2 atom stereocenters. The van der Waals surface area contributed by atoms with Crippen molar-refractivity contribution in [3.8, 4) is 0 Å². The van der Waals surface area contributed by atoms with Gasteiger partial charge in [-0.15, -0.1) is 0 Å². The highest BCUT2D eigenvalue weighted by atomic mass is 35.5. The van der Waals surface area contributed by atoms with E-state index in [1.54, 1.807) is 18.3 Å². The van der Waals surface area contributed by atoms with Crippen molar-refractivity contribution >= 4 is 52.6 Å². The summed E-state index contributed by atoms with van der Waals surface area (Å²) in [7, 11) is 1.89. The number of benzene rings is 1. The molecule has 2 aromatic rings. The topological polar surface area (TPSA) is 76.6 Å². The Morgan fingerprint density at radius 1 is 1.21 bits per heavy atom. The van der Waals surface area contributed by atoms with E-state index in [9.17, 15) is 4.79 Å². The molecule has 33 heavy (non-hydrogen) atoms. The van der Waals surface area contributed by atoms with Crippen LogP contribution in [-0.2, 0) is 0 Å². The van der Waals surface area contributed by atoms with Crippen LogP contribution >= 0.6 is 34.8 Å². The van der Waals surface area contributed by atoms with E-state index in [1.165, 1.54) is 0 Å². The highest BCUT2D eigenvalue weighted by molar-refractivity contribution is 6.35. The molecule has 2 saturated heterocycles. The summed E-state index contributed by atoms with van der Waals surface area (Å²) in [6.07, 6.45) is 2.59. The molecule has 178 valence electrons. The Bertz CT molecular complexity index is 994. The number of halogens is 3. The molecule has 2 aliphatic rings. The Balaban J connectivity index is 1.39. The van der Waals surface area contributed by atoms with Gasteiger partial charge in [-0.2, -0.15) is 4.98 Å². The van der Waals surface area contributed by atoms with Gasteiger partial charge in [0.2, 0.25) is 5.95 Å². The number of nitrogens with one attached hydrogen (secondary N) is 2. The molecule has 8 nitrogen and oxygen atoms in total. The lowest BCUT2D eigenvalue weighted by molar-refractivity contribution is 0.146. The van der Waals surface area contributed by atoms with E-state index in [2.05, 4.69) is 25.5 Å². The number of anilines is 2. The first kappa shape index (κ1) is 24.1. The number of aromatic nitrogens is 2. The van der Waals surface area contributed by atoms with Crippen molar-refractivity contribution in [3.05, 3.63) is 45.0 Å². The smallest absolute Gasteiger partial charge is 0.320 e. The third-order valence-corrected chi connectivity index (χ3v) is 7.07. The number of rotatable bonds is 5. The fourth-order valence-corrected chi connectivity index (χ4v) is 4.91. The first-order chi connectivity index (χ1) is 15.8. The van der Waals surface area contributed by atoms with Crippen molar-refractivity contribution in [2.75, 3.05) is 56.5 Å². The zero-order valence-corrected chi connectivity index (χ0v) is 21.0. The van der Waals surface area contributed by atoms with Crippen LogP contribution in [0.4, 0.5) is 16.6 Å². The molecular weight excluding hydrogens is 485 g/mol. The Hall–Kier alpha value is -2.00. The molecule has 11 heteroatoms. The van der Waals surface area contributed by atoms with Crippen LogP contribution in [0.5, 0.6) is 0 Å². The predicted molar refractivity (Wildman–Crippen MR) is 134 cm³/mol. The number of hydrogen-bond donors (Lipinski definition) is 2. The average Bonchev–Trinajstić information content (AvgIpc) is 3.34. The number of amides is 2. The van der Waals surface area contributed by atoms with Gasteiger partial charge in [-0.05, 0) is 37.6 Å². The van der Waals surface area contributed by atoms with E-state index in [0.717, 1.165) is 25.1 Å². The van der Waals surface area contributed by atoms with E-state index in [1.807, 2.05) is 29.8 Å². The van der Waals surface area contributed by atoms with Crippen LogP contribution in [0.1, 0.15) is 24.9 Å². The first-order valence-electron chi connectivity index (χ1n) is 11.0. The summed E-state index contributed by atoms with van der Waals surface area (Å²) < 4.78 is 0. The Morgan fingerprint density at radius 2 is 1.97 bits per heavy atom. The number of carbonyl (C=O) groups is 1. The molecule has 0 spiro atoms. The van der Waals surface area contributed by atoms with Gasteiger partial charge in [-0.3, -0.25) is 0 Å². The number of hydrogen-bond acceptors (Lipinski definition) is 6. The SMILES string of the molecule is C[C@@H](Nc1nc(N2CCN(C(=O)N(C)C3CCNC3)CC2)ncc1Cl)c1ccc(Cl)cc1Cl. The summed E-state index contributed by atoms with van der Waals surface area (Å²) in [5, 5.41) is 8.22. The molecule has 3 heterocycles. The third-order valence-electron chi connectivity index (χ3n) is 6.23. The zero-order chi connectivity index (χ0) is 23.5. The number of piperazine rings is 1. The van der Waals surface area contributed by atoms with Crippen molar-refractivity contribution in [2.45, 2.75) is 25.4 Å². The van der Waals surface area contributed by atoms with E-state index in [0.29, 0.717) is 53.0 Å². The zero-order valence-electron chi connectivity index (χ0n) is 18.7. The molecule has 1 aromatic heterocycles. The predicted octanol–water partition coefficient (Wildman–Crippen LogP) is 4.15. The molecule has 0 radical (unpaired) electrons. The maximum absolute atomic E-state index is 12.9. The fourth-order valence-electron chi connectivity index (χ4n) is 4.19. The van der Waals surface area contributed by atoms with Crippen LogP contribution in [0.3, 0.4) is 0 Å². The molecule has 2 fully saturated rings. The number of carbonyl (C=O) groups excluding carboxylic acids is 1. The molecule has 0 bridgehead atoms. The third kappa shape index (κ3) is 5.57. The lowest BCUT2D eigenvalue weighted by Crippen LogP contribution is -2.54. The quantitative estimate of drug-likeness (QED) is 0.627. The fraction of sp³-hybridized carbons (Fsp3) is 0.500. The Labute approximate surface area is 209 Å². The van der Waals surface area contributed by atoms with Gasteiger partial charge in [0.25, 0.3) is 0 Å². The second-order valence-corrected chi connectivity index (χ2v) is 9.66. The van der Waals surface area contributed by atoms with Crippen molar-refractivity contribution in [3.63, 3.8) is 0 Å². The second kappa shape index (κ2) is 10.5. The van der Waals surface area contributed by atoms with Crippen LogP contribution in [0.25, 0.3) is 0 Å². The Morgan fingerprint density at radius 3 is 2.64 bits per heavy atom. The molecule has 4 rings (SSSR count). The minimum absolute atomic E-state index is 0.0800. The summed E-state index contributed by atoms with van der Waals surface area (Å²) in [4.78, 5) is 27.8. The summed E-state index contributed by atoms with van der Waals surface area (Å²) in [6, 6.07) is 5.61. The molecule has 0 aliphatic carbocycles. The maximum atomic E-state index is 12.9. The van der Waals surface area contributed by atoms with Crippen LogP contribution in [0.2, 0.25) is 15.1 Å². The van der Waals surface area contributed by atoms with Gasteiger partial charge in [-0.25, -0.2) is 9.78 Å². The monoisotopic (exact) mass is 511 g/mol. The number of nitrogens with zero attached hydrogens (tertiary/aromatic N) is 5. The minimum atomic E-state index is -0.134. The highest BCUT2D eigenvalue weighted by Crippen LogP contribution is 2.30. The van der Waals surface area contributed by atoms with Gasteiger partial charge in [0.1, 0.15) is 5.02 Å². The molecule has 0 saturated carbocycles. The van der Waals surface area contributed by atoms with Gasteiger partial charge in [-0.1, -0.05) is 40.9 Å². The lowest BCUT2D eigenvalue weighted by atomic mass is 10.1.